The number of aryl methyl sites for hydroxylation is 3. The van der Waals surface area contributed by atoms with E-state index in [1.807, 2.05) is 23.1 Å². The molecule has 0 nitrogen and oxygen atoms in total. The van der Waals surface area contributed by atoms with Crippen molar-refractivity contribution in [2.24, 2.45) is 0 Å². The zero-order valence-corrected chi connectivity index (χ0v) is 14.2. The molecule has 0 spiro atoms. The molecule has 20 heavy (non-hydrogen) atoms. The monoisotopic (exact) mass is 316 g/mol. The van der Waals surface area contributed by atoms with Crippen LogP contribution in [-0.4, -0.2) is 0 Å². The second-order valence-electron chi connectivity index (χ2n) is 4.93. The smallest absolute Gasteiger partial charge is 0.0653 e. The quantitative estimate of drug-likeness (QED) is 0.527. The molecule has 0 bridgehead atoms. The first-order valence-corrected chi connectivity index (χ1v) is 9.04. The average Bonchev–Trinajstić information content (AvgIpc) is 3.04. The van der Waals surface area contributed by atoms with Crippen molar-refractivity contribution in [1.29, 1.82) is 0 Å². The minimum atomic E-state index is 1.34. The maximum atomic E-state index is 2.27. The summed E-state index contributed by atoms with van der Waals surface area (Å²) in [5.41, 5.74) is 4.09. The first-order valence-electron chi connectivity index (χ1n) is 6.53. The second kappa shape index (κ2) is 5.76. The molecule has 1 aromatic carbocycles. The van der Waals surface area contributed by atoms with E-state index in [4.69, 9.17) is 0 Å². The van der Waals surface area contributed by atoms with Gasteiger partial charge in [0, 0.05) is 14.6 Å². The maximum absolute atomic E-state index is 2.27. The summed E-state index contributed by atoms with van der Waals surface area (Å²) in [6.07, 6.45) is 0. The van der Waals surface area contributed by atoms with Crippen molar-refractivity contribution < 1.29 is 0 Å². The fourth-order valence-electron chi connectivity index (χ4n) is 2.35. The highest BCUT2D eigenvalue weighted by atomic mass is 32.2. The Bertz CT molecular complexity index is 698. The third kappa shape index (κ3) is 2.85. The molecular weight excluding hydrogens is 300 g/mol. The summed E-state index contributed by atoms with van der Waals surface area (Å²) in [6, 6.07) is 13.3. The van der Waals surface area contributed by atoms with Crippen LogP contribution in [0.15, 0.2) is 50.9 Å². The van der Waals surface area contributed by atoms with E-state index in [9.17, 15) is 0 Å². The van der Waals surface area contributed by atoms with E-state index in [0.29, 0.717) is 0 Å². The van der Waals surface area contributed by atoms with Crippen molar-refractivity contribution >= 4 is 34.4 Å². The predicted octanol–water partition coefficient (Wildman–Crippen LogP) is 6.55. The molecule has 3 rings (SSSR count). The van der Waals surface area contributed by atoms with Gasteiger partial charge in [-0.3, -0.25) is 0 Å². The van der Waals surface area contributed by atoms with Crippen molar-refractivity contribution in [3.8, 4) is 9.75 Å². The standard InChI is InChI=1S/C17H16S3/c1-11-9-12(2)17(13(3)10-11)20-16-7-6-15(19-16)14-5-4-8-18-14/h4-10H,1-3H3. The van der Waals surface area contributed by atoms with Crippen LogP contribution in [0.2, 0.25) is 0 Å². The molecule has 0 N–H and O–H groups in total. The largest absolute Gasteiger partial charge is 0.143 e. The molecule has 0 saturated carbocycles. The molecule has 0 aliphatic carbocycles. The average molecular weight is 317 g/mol. The van der Waals surface area contributed by atoms with Crippen molar-refractivity contribution in [2.45, 2.75) is 29.9 Å². The predicted molar refractivity (Wildman–Crippen MR) is 92.4 cm³/mol. The van der Waals surface area contributed by atoms with Crippen LogP contribution in [0, 0.1) is 20.8 Å². The second-order valence-corrected chi connectivity index (χ2v) is 8.27. The number of thiophene rings is 2. The van der Waals surface area contributed by atoms with Crippen molar-refractivity contribution in [2.75, 3.05) is 0 Å². The molecule has 0 fully saturated rings. The lowest BCUT2D eigenvalue weighted by Gasteiger charge is -2.09. The van der Waals surface area contributed by atoms with Crippen LogP contribution in [-0.2, 0) is 0 Å². The van der Waals surface area contributed by atoms with Crippen molar-refractivity contribution in [1.82, 2.24) is 0 Å². The van der Waals surface area contributed by atoms with Gasteiger partial charge in [-0.25, -0.2) is 0 Å². The minimum Gasteiger partial charge on any atom is -0.143 e. The topological polar surface area (TPSA) is 0 Å². The summed E-state index contributed by atoms with van der Waals surface area (Å²) in [7, 11) is 0. The highest BCUT2D eigenvalue weighted by Crippen LogP contribution is 2.41. The van der Waals surface area contributed by atoms with Crippen LogP contribution in [0.25, 0.3) is 9.75 Å². The van der Waals surface area contributed by atoms with Crippen LogP contribution in [0.3, 0.4) is 0 Å². The molecular formula is C17H16S3. The highest BCUT2D eigenvalue weighted by molar-refractivity contribution is 8.01. The summed E-state index contributed by atoms with van der Waals surface area (Å²) in [5, 5.41) is 2.14. The summed E-state index contributed by atoms with van der Waals surface area (Å²) >= 11 is 5.58. The van der Waals surface area contributed by atoms with Gasteiger partial charge < -0.3 is 0 Å². The fraction of sp³-hybridized carbons (Fsp3) is 0.176. The van der Waals surface area contributed by atoms with E-state index < -0.39 is 0 Å². The Morgan fingerprint density at radius 2 is 1.65 bits per heavy atom. The van der Waals surface area contributed by atoms with Gasteiger partial charge in [-0.1, -0.05) is 35.5 Å². The van der Waals surface area contributed by atoms with Crippen molar-refractivity contribution in [3.63, 3.8) is 0 Å². The van der Waals surface area contributed by atoms with Gasteiger partial charge >= 0.3 is 0 Å². The Morgan fingerprint density at radius 1 is 0.900 bits per heavy atom. The van der Waals surface area contributed by atoms with E-state index >= 15 is 0 Å². The number of hydrogen-bond donors (Lipinski definition) is 0. The van der Waals surface area contributed by atoms with Crippen LogP contribution in [0.5, 0.6) is 0 Å². The fourth-order valence-corrected chi connectivity index (χ4v) is 5.39. The van der Waals surface area contributed by atoms with Crippen LogP contribution >= 0.6 is 34.4 Å². The molecule has 0 unspecified atom stereocenters. The maximum Gasteiger partial charge on any atom is 0.0653 e. The highest BCUT2D eigenvalue weighted by Gasteiger charge is 2.09. The van der Waals surface area contributed by atoms with E-state index in [-0.39, 0.29) is 0 Å². The SMILES string of the molecule is Cc1cc(C)c(Sc2ccc(-c3cccs3)s2)c(C)c1. The lowest BCUT2D eigenvalue weighted by molar-refractivity contribution is 1.19. The lowest BCUT2D eigenvalue weighted by atomic mass is 10.1. The normalized spacial score (nSPS) is 10.9. The van der Waals surface area contributed by atoms with Gasteiger partial charge in [-0.05, 0) is 55.5 Å². The number of rotatable bonds is 3. The molecule has 102 valence electrons. The number of hydrogen-bond acceptors (Lipinski definition) is 3. The zero-order valence-electron chi connectivity index (χ0n) is 11.8. The summed E-state index contributed by atoms with van der Waals surface area (Å²) in [5.74, 6) is 0. The Balaban J connectivity index is 1.89. The summed E-state index contributed by atoms with van der Waals surface area (Å²) < 4.78 is 1.36. The molecule has 0 aliphatic heterocycles. The van der Waals surface area contributed by atoms with Crippen molar-refractivity contribution in [3.05, 3.63) is 58.5 Å². The first kappa shape index (κ1) is 13.9. The first-order chi connectivity index (χ1) is 9.63. The molecule has 0 aliphatic rings. The molecule has 0 saturated heterocycles. The van der Waals surface area contributed by atoms with Gasteiger partial charge in [0.15, 0.2) is 0 Å². The summed E-state index contributed by atoms with van der Waals surface area (Å²) in [4.78, 5) is 4.12. The van der Waals surface area contributed by atoms with Gasteiger partial charge in [0.2, 0.25) is 0 Å². The molecule has 3 heteroatoms. The molecule has 3 aromatic rings. The minimum absolute atomic E-state index is 1.34. The molecule has 0 amide bonds. The van der Waals surface area contributed by atoms with E-state index in [1.165, 1.54) is 35.5 Å². The van der Waals surface area contributed by atoms with Gasteiger partial charge in [0.25, 0.3) is 0 Å². The van der Waals surface area contributed by atoms with E-state index in [1.54, 1.807) is 11.3 Å². The third-order valence-electron chi connectivity index (χ3n) is 3.15. The van der Waals surface area contributed by atoms with Crippen LogP contribution in [0.1, 0.15) is 16.7 Å². The number of benzene rings is 1. The summed E-state index contributed by atoms with van der Waals surface area (Å²) in [6.45, 7) is 6.57. The third-order valence-corrected chi connectivity index (χ3v) is 6.78. The van der Waals surface area contributed by atoms with Gasteiger partial charge in [-0.2, -0.15) is 0 Å². The van der Waals surface area contributed by atoms with E-state index in [0.717, 1.165) is 0 Å². The zero-order chi connectivity index (χ0) is 14.1. The Labute approximate surface area is 132 Å². The van der Waals surface area contributed by atoms with Gasteiger partial charge in [0.05, 0.1) is 4.21 Å². The molecule has 0 radical (unpaired) electrons. The molecule has 2 heterocycles. The van der Waals surface area contributed by atoms with Gasteiger partial charge in [-0.15, -0.1) is 22.7 Å². The Morgan fingerprint density at radius 3 is 2.30 bits per heavy atom. The van der Waals surface area contributed by atoms with Crippen LogP contribution in [0.4, 0.5) is 0 Å². The lowest BCUT2D eigenvalue weighted by Crippen LogP contribution is -1.86. The Hall–Kier alpha value is -1.03. The molecule has 2 aromatic heterocycles. The Kier molecular flexibility index (Phi) is 4.01. The van der Waals surface area contributed by atoms with Crippen LogP contribution < -0.4 is 0 Å². The van der Waals surface area contributed by atoms with Gasteiger partial charge in [0.1, 0.15) is 0 Å². The molecule has 0 atom stereocenters. The van der Waals surface area contributed by atoms with E-state index in [2.05, 4.69) is 62.5 Å².